The molecule has 1 aromatic carbocycles. The van der Waals surface area contributed by atoms with Gasteiger partial charge in [-0.2, -0.15) is 16.6 Å². The minimum absolute atomic E-state index is 0.154. The van der Waals surface area contributed by atoms with Gasteiger partial charge < -0.3 is 5.32 Å². The predicted octanol–water partition coefficient (Wildman–Crippen LogP) is 3.32. The molecule has 0 saturated heterocycles. The SMILES string of the molecule is Cc1cscc1C(=O)Nc1cccc(F)c1C#N. The number of aryl methyl sites for hydroxylation is 1. The number of nitriles is 1. The van der Waals surface area contributed by atoms with Crippen LogP contribution in [0.1, 0.15) is 21.5 Å². The monoisotopic (exact) mass is 260 g/mol. The highest BCUT2D eigenvalue weighted by atomic mass is 32.1. The third kappa shape index (κ3) is 2.24. The summed E-state index contributed by atoms with van der Waals surface area (Å²) < 4.78 is 13.4. The molecule has 2 rings (SSSR count). The predicted molar refractivity (Wildman–Crippen MR) is 68.1 cm³/mol. The van der Waals surface area contributed by atoms with Crippen molar-refractivity contribution in [2.45, 2.75) is 6.92 Å². The van der Waals surface area contributed by atoms with Gasteiger partial charge in [-0.25, -0.2) is 4.39 Å². The Morgan fingerprint density at radius 1 is 1.44 bits per heavy atom. The second kappa shape index (κ2) is 4.98. The van der Waals surface area contributed by atoms with Crippen LogP contribution in [0.25, 0.3) is 0 Å². The Kier molecular flexibility index (Phi) is 3.40. The summed E-state index contributed by atoms with van der Waals surface area (Å²) in [6.45, 7) is 1.82. The maximum atomic E-state index is 13.4. The summed E-state index contributed by atoms with van der Waals surface area (Å²) in [4.78, 5) is 11.9. The fourth-order valence-corrected chi connectivity index (χ4v) is 2.35. The molecule has 18 heavy (non-hydrogen) atoms. The molecule has 3 nitrogen and oxygen atoms in total. The molecule has 2 aromatic rings. The molecule has 1 N–H and O–H groups in total. The summed E-state index contributed by atoms with van der Waals surface area (Å²) >= 11 is 1.42. The number of benzene rings is 1. The Balaban J connectivity index is 2.31. The van der Waals surface area contributed by atoms with Gasteiger partial charge in [0.05, 0.1) is 11.3 Å². The zero-order chi connectivity index (χ0) is 13.1. The van der Waals surface area contributed by atoms with E-state index in [1.165, 1.54) is 29.5 Å². The molecule has 1 amide bonds. The van der Waals surface area contributed by atoms with Gasteiger partial charge in [0, 0.05) is 5.38 Å². The van der Waals surface area contributed by atoms with Crippen molar-refractivity contribution in [2.75, 3.05) is 5.32 Å². The minimum atomic E-state index is -0.641. The van der Waals surface area contributed by atoms with Crippen LogP contribution in [0, 0.1) is 24.1 Å². The number of carbonyl (C=O) groups excluding carboxylic acids is 1. The van der Waals surface area contributed by atoms with Crippen molar-refractivity contribution in [3.8, 4) is 6.07 Å². The molecule has 0 radical (unpaired) electrons. The molecule has 0 spiro atoms. The van der Waals surface area contributed by atoms with Gasteiger partial charge in [0.1, 0.15) is 17.4 Å². The Bertz CT molecular complexity index is 643. The number of carbonyl (C=O) groups is 1. The first-order chi connectivity index (χ1) is 8.63. The van der Waals surface area contributed by atoms with Crippen molar-refractivity contribution in [3.63, 3.8) is 0 Å². The first-order valence-corrected chi connectivity index (χ1v) is 6.10. The summed E-state index contributed by atoms with van der Waals surface area (Å²) in [5.74, 6) is -0.979. The van der Waals surface area contributed by atoms with E-state index in [0.717, 1.165) is 5.56 Å². The number of hydrogen-bond donors (Lipinski definition) is 1. The number of anilines is 1. The van der Waals surface area contributed by atoms with Gasteiger partial charge in [-0.15, -0.1) is 0 Å². The summed E-state index contributed by atoms with van der Waals surface area (Å²) in [6.07, 6.45) is 0. The molecule has 0 atom stereocenters. The zero-order valence-electron chi connectivity index (χ0n) is 9.53. The summed E-state index contributed by atoms with van der Waals surface area (Å²) in [5, 5.41) is 15.0. The highest BCUT2D eigenvalue weighted by molar-refractivity contribution is 7.08. The van der Waals surface area contributed by atoms with Crippen molar-refractivity contribution >= 4 is 22.9 Å². The molecule has 90 valence electrons. The van der Waals surface area contributed by atoms with Crippen LogP contribution in [0.4, 0.5) is 10.1 Å². The van der Waals surface area contributed by atoms with E-state index in [1.54, 1.807) is 11.4 Å². The molecule has 0 aliphatic carbocycles. The van der Waals surface area contributed by atoms with Crippen LogP contribution in [0.15, 0.2) is 29.0 Å². The first kappa shape index (κ1) is 12.3. The van der Waals surface area contributed by atoms with Crippen molar-refractivity contribution in [2.24, 2.45) is 0 Å². The van der Waals surface area contributed by atoms with Gasteiger partial charge in [-0.1, -0.05) is 6.07 Å². The lowest BCUT2D eigenvalue weighted by atomic mass is 10.1. The smallest absolute Gasteiger partial charge is 0.256 e. The third-order valence-corrected chi connectivity index (χ3v) is 3.34. The van der Waals surface area contributed by atoms with Crippen molar-refractivity contribution in [1.82, 2.24) is 0 Å². The third-order valence-electron chi connectivity index (χ3n) is 2.47. The number of thiophene rings is 1. The zero-order valence-corrected chi connectivity index (χ0v) is 10.3. The molecular formula is C13H9FN2OS. The first-order valence-electron chi connectivity index (χ1n) is 5.16. The molecule has 0 unspecified atom stereocenters. The average Bonchev–Trinajstić information content (AvgIpc) is 2.76. The van der Waals surface area contributed by atoms with E-state index in [1.807, 2.05) is 12.3 Å². The van der Waals surface area contributed by atoms with E-state index in [9.17, 15) is 9.18 Å². The van der Waals surface area contributed by atoms with Crippen molar-refractivity contribution < 1.29 is 9.18 Å². The Morgan fingerprint density at radius 2 is 2.22 bits per heavy atom. The highest BCUT2D eigenvalue weighted by Gasteiger charge is 2.14. The summed E-state index contributed by atoms with van der Waals surface area (Å²) in [5.41, 5.74) is 1.42. The van der Waals surface area contributed by atoms with E-state index < -0.39 is 5.82 Å². The highest BCUT2D eigenvalue weighted by Crippen LogP contribution is 2.20. The lowest BCUT2D eigenvalue weighted by molar-refractivity contribution is 0.102. The Morgan fingerprint density at radius 3 is 2.83 bits per heavy atom. The molecule has 0 saturated carbocycles. The lowest BCUT2D eigenvalue weighted by Gasteiger charge is -2.07. The second-order valence-electron chi connectivity index (χ2n) is 3.70. The summed E-state index contributed by atoms with van der Waals surface area (Å²) in [7, 11) is 0. The van der Waals surface area contributed by atoms with Gasteiger partial charge in [-0.05, 0) is 30.0 Å². The van der Waals surface area contributed by atoms with Crippen molar-refractivity contribution in [1.29, 1.82) is 5.26 Å². The second-order valence-corrected chi connectivity index (χ2v) is 4.44. The van der Waals surface area contributed by atoms with Gasteiger partial charge in [0.2, 0.25) is 0 Å². The number of nitrogens with one attached hydrogen (secondary N) is 1. The van der Waals surface area contributed by atoms with Gasteiger partial charge >= 0.3 is 0 Å². The normalized spacial score (nSPS) is 9.83. The van der Waals surface area contributed by atoms with Gasteiger partial charge in [-0.3, -0.25) is 4.79 Å². The van der Waals surface area contributed by atoms with Crippen LogP contribution in [-0.4, -0.2) is 5.91 Å². The van der Waals surface area contributed by atoms with Crippen LogP contribution >= 0.6 is 11.3 Å². The topological polar surface area (TPSA) is 52.9 Å². The van der Waals surface area contributed by atoms with Crippen LogP contribution in [0.3, 0.4) is 0 Å². The average molecular weight is 260 g/mol. The molecular weight excluding hydrogens is 251 g/mol. The molecule has 1 aromatic heterocycles. The van der Waals surface area contributed by atoms with Crippen molar-refractivity contribution in [3.05, 3.63) is 51.5 Å². The fourth-order valence-electron chi connectivity index (χ4n) is 1.52. The standard InChI is InChI=1S/C13H9FN2OS/c1-8-6-18-7-10(8)13(17)16-12-4-2-3-11(14)9(12)5-15/h2-4,6-7H,1H3,(H,16,17). The number of amides is 1. The molecule has 5 heteroatoms. The van der Waals surface area contributed by atoms with Crippen LogP contribution < -0.4 is 5.32 Å². The van der Waals surface area contributed by atoms with Gasteiger partial charge in [0.15, 0.2) is 0 Å². The Hall–Kier alpha value is -2.19. The van der Waals surface area contributed by atoms with E-state index in [0.29, 0.717) is 5.56 Å². The van der Waals surface area contributed by atoms with E-state index in [2.05, 4.69) is 5.32 Å². The molecule has 1 heterocycles. The molecule has 0 bridgehead atoms. The van der Waals surface area contributed by atoms with Crippen LogP contribution in [0.2, 0.25) is 0 Å². The minimum Gasteiger partial charge on any atom is -0.321 e. The number of rotatable bonds is 2. The Labute approximate surface area is 107 Å². The maximum Gasteiger partial charge on any atom is 0.256 e. The van der Waals surface area contributed by atoms with Gasteiger partial charge in [0.25, 0.3) is 5.91 Å². The number of hydrogen-bond acceptors (Lipinski definition) is 3. The lowest BCUT2D eigenvalue weighted by Crippen LogP contribution is -2.13. The quantitative estimate of drug-likeness (QED) is 0.900. The van der Waals surface area contributed by atoms with E-state index in [4.69, 9.17) is 5.26 Å². The molecule has 0 fully saturated rings. The summed E-state index contributed by atoms with van der Waals surface area (Å²) in [6, 6.07) is 5.88. The van der Waals surface area contributed by atoms with E-state index >= 15 is 0 Å². The largest absolute Gasteiger partial charge is 0.321 e. The number of nitrogens with zero attached hydrogens (tertiary/aromatic N) is 1. The van der Waals surface area contributed by atoms with E-state index in [-0.39, 0.29) is 17.2 Å². The number of halogens is 1. The van der Waals surface area contributed by atoms with Crippen LogP contribution in [-0.2, 0) is 0 Å². The fraction of sp³-hybridized carbons (Fsp3) is 0.0769. The maximum absolute atomic E-state index is 13.4. The molecule has 0 aliphatic rings. The van der Waals surface area contributed by atoms with Crippen LogP contribution in [0.5, 0.6) is 0 Å². The molecule has 0 aliphatic heterocycles.